The molecule has 1 heterocycles. The van der Waals surface area contributed by atoms with Gasteiger partial charge in [0.15, 0.2) is 5.82 Å². The van der Waals surface area contributed by atoms with E-state index >= 15 is 0 Å². The highest BCUT2D eigenvalue weighted by Gasteiger charge is 2.12. The summed E-state index contributed by atoms with van der Waals surface area (Å²) in [5, 5.41) is 19.3. The van der Waals surface area contributed by atoms with E-state index in [1.165, 1.54) is 0 Å². The zero-order valence-electron chi connectivity index (χ0n) is 12.2. The number of aromatic nitrogens is 4. The van der Waals surface area contributed by atoms with E-state index in [1.54, 1.807) is 6.07 Å². The van der Waals surface area contributed by atoms with Crippen LogP contribution >= 0.6 is 15.9 Å². The summed E-state index contributed by atoms with van der Waals surface area (Å²) in [5.41, 5.74) is 3.07. The lowest BCUT2D eigenvalue weighted by Crippen LogP contribution is -2.20. The predicted octanol–water partition coefficient (Wildman–Crippen LogP) is 3.58. The van der Waals surface area contributed by atoms with Crippen molar-refractivity contribution >= 4 is 33.3 Å². The van der Waals surface area contributed by atoms with Crippen molar-refractivity contribution in [2.24, 2.45) is 0 Å². The first kappa shape index (κ1) is 15.2. The molecule has 0 aliphatic carbocycles. The van der Waals surface area contributed by atoms with Crippen molar-refractivity contribution in [3.63, 3.8) is 0 Å². The highest BCUT2D eigenvalue weighted by atomic mass is 79.9. The number of carbonyl (C=O) groups is 1. The Labute approximate surface area is 140 Å². The van der Waals surface area contributed by atoms with Crippen LogP contribution in [-0.2, 0) is 0 Å². The molecular weight excluding hydrogens is 360 g/mol. The van der Waals surface area contributed by atoms with Gasteiger partial charge in [0.2, 0.25) is 0 Å². The fraction of sp³-hybridized carbons (Fsp3) is 0.0667. The minimum atomic E-state index is -0.341. The molecule has 3 aromatic rings. The molecule has 23 heavy (non-hydrogen) atoms. The monoisotopic (exact) mass is 372 g/mol. The number of urea groups is 1. The molecule has 7 nitrogen and oxygen atoms in total. The highest BCUT2D eigenvalue weighted by Crippen LogP contribution is 2.28. The zero-order chi connectivity index (χ0) is 16.2. The average Bonchev–Trinajstić information content (AvgIpc) is 3.03. The zero-order valence-corrected chi connectivity index (χ0v) is 13.8. The first-order valence-corrected chi connectivity index (χ1v) is 7.59. The van der Waals surface area contributed by atoms with Crippen molar-refractivity contribution in [1.82, 2.24) is 20.6 Å². The third-order valence-electron chi connectivity index (χ3n) is 3.11. The molecule has 116 valence electrons. The van der Waals surface area contributed by atoms with Gasteiger partial charge in [-0.15, -0.1) is 5.10 Å². The molecule has 8 heteroatoms. The van der Waals surface area contributed by atoms with Crippen LogP contribution in [0.3, 0.4) is 0 Å². The van der Waals surface area contributed by atoms with Crippen LogP contribution in [0.2, 0.25) is 0 Å². The van der Waals surface area contributed by atoms with Crippen LogP contribution in [0.15, 0.2) is 46.9 Å². The van der Waals surface area contributed by atoms with E-state index in [2.05, 4.69) is 47.2 Å². The van der Waals surface area contributed by atoms with E-state index in [0.717, 1.165) is 15.7 Å². The minimum Gasteiger partial charge on any atom is -0.308 e. The number of hydrogen-bond donors (Lipinski definition) is 3. The molecule has 0 spiro atoms. The summed E-state index contributed by atoms with van der Waals surface area (Å²) in [6, 6.07) is 12.7. The van der Waals surface area contributed by atoms with Gasteiger partial charge in [0.25, 0.3) is 0 Å². The number of aromatic amines is 1. The summed E-state index contributed by atoms with van der Waals surface area (Å²) in [6.07, 6.45) is 0. The molecule has 0 atom stereocenters. The third kappa shape index (κ3) is 3.72. The van der Waals surface area contributed by atoms with Gasteiger partial charge in [-0.05, 0) is 53.2 Å². The SMILES string of the molecule is Cc1cccc(NC(=O)Nc2ccc(Br)cc2-c2nnn[nH]2)c1. The van der Waals surface area contributed by atoms with Crippen LogP contribution in [0.25, 0.3) is 11.4 Å². The molecular formula is C15H13BrN6O. The molecule has 1 aromatic heterocycles. The fourth-order valence-electron chi connectivity index (χ4n) is 2.10. The lowest BCUT2D eigenvalue weighted by molar-refractivity contribution is 0.262. The number of anilines is 2. The maximum Gasteiger partial charge on any atom is 0.323 e. The lowest BCUT2D eigenvalue weighted by Gasteiger charge is -2.11. The summed E-state index contributed by atoms with van der Waals surface area (Å²) in [4.78, 5) is 12.2. The van der Waals surface area contributed by atoms with E-state index < -0.39 is 0 Å². The molecule has 0 saturated heterocycles. The van der Waals surface area contributed by atoms with Crippen LogP contribution in [0.5, 0.6) is 0 Å². The van der Waals surface area contributed by atoms with Crippen LogP contribution in [0.4, 0.5) is 16.2 Å². The van der Waals surface area contributed by atoms with Crippen molar-refractivity contribution in [2.75, 3.05) is 10.6 Å². The Kier molecular flexibility index (Phi) is 4.33. The third-order valence-corrected chi connectivity index (χ3v) is 3.60. The van der Waals surface area contributed by atoms with Gasteiger partial charge < -0.3 is 10.6 Å². The molecule has 0 aliphatic heterocycles. The minimum absolute atomic E-state index is 0.341. The largest absolute Gasteiger partial charge is 0.323 e. The Bertz CT molecular complexity index is 834. The maximum absolute atomic E-state index is 12.2. The van der Waals surface area contributed by atoms with Crippen molar-refractivity contribution < 1.29 is 4.79 Å². The Morgan fingerprint density at radius 2 is 2.04 bits per heavy atom. The number of amides is 2. The number of nitrogens with one attached hydrogen (secondary N) is 3. The van der Waals surface area contributed by atoms with Gasteiger partial charge in [0.05, 0.1) is 5.69 Å². The normalized spacial score (nSPS) is 10.3. The van der Waals surface area contributed by atoms with Gasteiger partial charge in [-0.25, -0.2) is 9.89 Å². The van der Waals surface area contributed by atoms with Crippen molar-refractivity contribution in [3.05, 3.63) is 52.5 Å². The summed E-state index contributed by atoms with van der Waals surface area (Å²) < 4.78 is 0.855. The molecule has 0 unspecified atom stereocenters. The van der Waals surface area contributed by atoms with Gasteiger partial charge in [-0.3, -0.25) is 0 Å². The number of hydrogen-bond acceptors (Lipinski definition) is 4. The topological polar surface area (TPSA) is 95.6 Å². The van der Waals surface area contributed by atoms with Crippen molar-refractivity contribution in [2.45, 2.75) is 6.92 Å². The van der Waals surface area contributed by atoms with Gasteiger partial charge in [-0.2, -0.15) is 0 Å². The van der Waals surface area contributed by atoms with Crippen LogP contribution in [-0.4, -0.2) is 26.7 Å². The van der Waals surface area contributed by atoms with E-state index in [-0.39, 0.29) is 6.03 Å². The molecule has 0 bridgehead atoms. The van der Waals surface area contributed by atoms with Crippen molar-refractivity contribution in [1.29, 1.82) is 0 Å². The molecule has 0 radical (unpaired) electrons. The number of carbonyl (C=O) groups excluding carboxylic acids is 1. The first-order valence-electron chi connectivity index (χ1n) is 6.80. The number of benzene rings is 2. The second-order valence-corrected chi connectivity index (χ2v) is 5.80. The Hall–Kier alpha value is -2.74. The smallest absolute Gasteiger partial charge is 0.308 e. The van der Waals surface area contributed by atoms with Gasteiger partial charge in [-0.1, -0.05) is 28.1 Å². The van der Waals surface area contributed by atoms with Gasteiger partial charge in [0, 0.05) is 15.7 Å². The van der Waals surface area contributed by atoms with E-state index in [0.29, 0.717) is 17.1 Å². The molecule has 2 aromatic carbocycles. The molecule has 0 aliphatic rings. The van der Waals surface area contributed by atoms with Crippen LogP contribution < -0.4 is 10.6 Å². The number of aryl methyl sites for hydroxylation is 1. The number of H-pyrrole nitrogens is 1. The summed E-state index contributed by atoms with van der Waals surface area (Å²) in [7, 11) is 0. The number of nitrogens with zero attached hydrogens (tertiary/aromatic N) is 3. The Morgan fingerprint density at radius 1 is 1.17 bits per heavy atom. The highest BCUT2D eigenvalue weighted by molar-refractivity contribution is 9.10. The molecule has 2 amide bonds. The summed E-state index contributed by atoms with van der Waals surface area (Å²) >= 11 is 3.40. The lowest BCUT2D eigenvalue weighted by atomic mass is 10.1. The van der Waals surface area contributed by atoms with Gasteiger partial charge >= 0.3 is 6.03 Å². The summed E-state index contributed by atoms with van der Waals surface area (Å²) in [5.74, 6) is 0.470. The number of halogens is 1. The first-order chi connectivity index (χ1) is 11.1. The number of tetrazole rings is 1. The fourth-order valence-corrected chi connectivity index (χ4v) is 2.46. The Balaban J connectivity index is 1.81. The van der Waals surface area contributed by atoms with E-state index in [4.69, 9.17) is 0 Å². The standard InChI is InChI=1S/C15H13BrN6O/c1-9-3-2-4-11(7-9)17-15(23)18-13-6-5-10(16)8-12(13)14-19-21-22-20-14/h2-8H,1H3,(H2,17,18,23)(H,19,20,21,22). The quantitative estimate of drug-likeness (QED) is 0.654. The number of rotatable bonds is 3. The second kappa shape index (κ2) is 6.57. The van der Waals surface area contributed by atoms with E-state index in [1.807, 2.05) is 43.3 Å². The molecule has 0 fully saturated rings. The summed E-state index contributed by atoms with van der Waals surface area (Å²) in [6.45, 7) is 1.97. The molecule has 3 rings (SSSR count). The molecule has 3 N–H and O–H groups in total. The Morgan fingerprint density at radius 3 is 2.78 bits per heavy atom. The maximum atomic E-state index is 12.2. The van der Waals surface area contributed by atoms with Crippen LogP contribution in [0.1, 0.15) is 5.56 Å². The van der Waals surface area contributed by atoms with Gasteiger partial charge in [0.1, 0.15) is 0 Å². The molecule has 0 saturated carbocycles. The predicted molar refractivity (Wildman–Crippen MR) is 91.1 cm³/mol. The average molecular weight is 373 g/mol. The van der Waals surface area contributed by atoms with E-state index in [9.17, 15) is 4.79 Å². The van der Waals surface area contributed by atoms with Crippen molar-refractivity contribution in [3.8, 4) is 11.4 Å². The van der Waals surface area contributed by atoms with Crippen LogP contribution in [0, 0.1) is 6.92 Å². The second-order valence-electron chi connectivity index (χ2n) is 4.89.